The van der Waals surface area contributed by atoms with Crippen LogP contribution >= 0.6 is 11.6 Å². The summed E-state index contributed by atoms with van der Waals surface area (Å²) < 4.78 is 21.3. The highest BCUT2D eigenvalue weighted by molar-refractivity contribution is 6.32. The number of anilines is 2. The molecule has 5 aromatic rings. The molecule has 0 amide bonds. The fourth-order valence-electron chi connectivity index (χ4n) is 4.56. The van der Waals surface area contributed by atoms with Gasteiger partial charge in [-0.3, -0.25) is 0 Å². The minimum atomic E-state index is -0.299. The number of fused-ring (bicyclic) bond motifs is 1. The van der Waals surface area contributed by atoms with Crippen LogP contribution in [-0.4, -0.2) is 14.5 Å². The van der Waals surface area contributed by atoms with Crippen molar-refractivity contribution < 1.29 is 9.13 Å². The van der Waals surface area contributed by atoms with Crippen molar-refractivity contribution in [1.29, 1.82) is 0 Å². The van der Waals surface area contributed by atoms with Crippen LogP contribution < -0.4 is 15.8 Å². The van der Waals surface area contributed by atoms with E-state index in [2.05, 4.69) is 44.2 Å². The molecule has 1 aliphatic rings. The normalized spacial score (nSPS) is 14.0. The molecule has 6 rings (SSSR count). The monoisotopic (exact) mass is 527 g/mol. The van der Waals surface area contributed by atoms with E-state index in [0.717, 1.165) is 45.6 Å². The van der Waals surface area contributed by atoms with E-state index in [1.165, 1.54) is 31.3 Å². The molecule has 0 spiro atoms. The van der Waals surface area contributed by atoms with Crippen molar-refractivity contribution in [3.8, 4) is 16.9 Å². The second-order valence-corrected chi connectivity index (χ2v) is 10.1. The van der Waals surface area contributed by atoms with Gasteiger partial charge in [0.15, 0.2) is 0 Å². The van der Waals surface area contributed by atoms with Gasteiger partial charge in [-0.05, 0) is 77.6 Å². The molecule has 0 saturated heterocycles. The van der Waals surface area contributed by atoms with Crippen LogP contribution in [0.5, 0.6) is 5.75 Å². The van der Waals surface area contributed by atoms with Gasteiger partial charge >= 0.3 is 0 Å². The number of benzene rings is 3. The van der Waals surface area contributed by atoms with Crippen LogP contribution in [0, 0.1) is 11.7 Å². The number of hydrogen-bond donors (Lipinski definition) is 2. The Kier molecular flexibility index (Phi) is 6.70. The second kappa shape index (κ2) is 10.4. The zero-order chi connectivity index (χ0) is 26.1. The Labute approximate surface area is 225 Å². The number of aromatic nitrogens is 3. The summed E-state index contributed by atoms with van der Waals surface area (Å²) in [5, 5.41) is 4.69. The van der Waals surface area contributed by atoms with Crippen LogP contribution in [-0.2, 0) is 6.61 Å². The van der Waals surface area contributed by atoms with Gasteiger partial charge in [0.05, 0.1) is 16.7 Å². The lowest BCUT2D eigenvalue weighted by Crippen LogP contribution is -2.17. The molecule has 1 atom stereocenters. The van der Waals surface area contributed by atoms with Crippen LogP contribution in [0.1, 0.15) is 31.0 Å². The molecule has 1 fully saturated rings. The lowest BCUT2D eigenvalue weighted by atomic mass is 10.1. The summed E-state index contributed by atoms with van der Waals surface area (Å²) in [6, 6.07) is 20.0. The first-order valence-corrected chi connectivity index (χ1v) is 13.0. The molecule has 1 unspecified atom stereocenters. The van der Waals surface area contributed by atoms with E-state index in [-0.39, 0.29) is 18.6 Å². The Morgan fingerprint density at radius 3 is 2.76 bits per heavy atom. The smallest absolute Gasteiger partial charge is 0.141 e. The predicted octanol–water partition coefficient (Wildman–Crippen LogP) is 7.47. The molecule has 3 aromatic carbocycles. The third-order valence-corrected chi connectivity index (χ3v) is 7.11. The van der Waals surface area contributed by atoms with Crippen molar-refractivity contribution in [2.75, 3.05) is 5.32 Å². The number of nitrogens with two attached hydrogens (primary N) is 1. The SMILES string of the molecule is NC(CC1CC1)n1ccc(-c2ccc3ncnc(Nc4ccc(OCc5cccc(F)c5)c(Cl)c4)c3c2)c1. The largest absolute Gasteiger partial charge is 0.487 e. The summed E-state index contributed by atoms with van der Waals surface area (Å²) >= 11 is 6.50. The van der Waals surface area contributed by atoms with Crippen molar-refractivity contribution in [2.45, 2.75) is 32.0 Å². The summed E-state index contributed by atoms with van der Waals surface area (Å²) in [7, 11) is 0. The molecule has 1 saturated carbocycles. The molecule has 2 heterocycles. The van der Waals surface area contributed by atoms with Crippen LogP contribution in [0.3, 0.4) is 0 Å². The van der Waals surface area contributed by atoms with Crippen LogP contribution in [0.2, 0.25) is 5.02 Å². The van der Waals surface area contributed by atoms with E-state index in [9.17, 15) is 4.39 Å². The zero-order valence-electron chi connectivity index (χ0n) is 20.6. The van der Waals surface area contributed by atoms with E-state index in [1.807, 2.05) is 18.3 Å². The number of nitrogens with one attached hydrogen (secondary N) is 1. The average molecular weight is 528 g/mol. The van der Waals surface area contributed by atoms with Crippen molar-refractivity contribution in [3.05, 3.63) is 102 Å². The molecule has 3 N–H and O–H groups in total. The maximum absolute atomic E-state index is 13.4. The molecule has 1 aliphatic carbocycles. The molecule has 192 valence electrons. The van der Waals surface area contributed by atoms with Crippen molar-refractivity contribution >= 4 is 34.0 Å². The number of nitrogens with zero attached hydrogens (tertiary/aromatic N) is 3. The van der Waals surface area contributed by atoms with Gasteiger partial charge in [0.1, 0.15) is 30.3 Å². The van der Waals surface area contributed by atoms with E-state index < -0.39 is 0 Å². The van der Waals surface area contributed by atoms with Gasteiger partial charge in [0.2, 0.25) is 0 Å². The molecule has 0 radical (unpaired) electrons. The Bertz CT molecular complexity index is 1600. The fraction of sp³-hybridized carbons (Fsp3) is 0.200. The first-order valence-electron chi connectivity index (χ1n) is 12.6. The van der Waals surface area contributed by atoms with Crippen molar-refractivity contribution in [1.82, 2.24) is 14.5 Å². The van der Waals surface area contributed by atoms with Crippen LogP contribution in [0.4, 0.5) is 15.9 Å². The molecule has 0 aliphatic heterocycles. The summed E-state index contributed by atoms with van der Waals surface area (Å²) in [6.45, 7) is 0.219. The van der Waals surface area contributed by atoms with Gasteiger partial charge in [-0.2, -0.15) is 0 Å². The topological polar surface area (TPSA) is 78.0 Å². The lowest BCUT2D eigenvalue weighted by Gasteiger charge is -2.13. The molecular weight excluding hydrogens is 501 g/mol. The number of ether oxygens (including phenoxy) is 1. The molecule has 6 nitrogen and oxygen atoms in total. The highest BCUT2D eigenvalue weighted by Crippen LogP contribution is 2.36. The Balaban J connectivity index is 1.20. The molecule has 8 heteroatoms. The quantitative estimate of drug-likeness (QED) is 0.208. The highest BCUT2D eigenvalue weighted by atomic mass is 35.5. The zero-order valence-corrected chi connectivity index (χ0v) is 21.4. The minimum Gasteiger partial charge on any atom is -0.487 e. The van der Waals surface area contributed by atoms with E-state index >= 15 is 0 Å². The number of rotatable bonds is 9. The maximum Gasteiger partial charge on any atom is 0.141 e. The van der Waals surface area contributed by atoms with Gasteiger partial charge in [-0.1, -0.05) is 42.6 Å². The van der Waals surface area contributed by atoms with Gasteiger partial charge in [-0.25, -0.2) is 14.4 Å². The summed E-state index contributed by atoms with van der Waals surface area (Å²) in [6.07, 6.45) is 9.29. The van der Waals surface area contributed by atoms with E-state index in [1.54, 1.807) is 24.3 Å². The summed E-state index contributed by atoms with van der Waals surface area (Å²) in [5.74, 6) is 1.66. The number of hydrogen-bond acceptors (Lipinski definition) is 5. The first-order chi connectivity index (χ1) is 18.5. The van der Waals surface area contributed by atoms with Crippen molar-refractivity contribution in [2.24, 2.45) is 11.7 Å². The van der Waals surface area contributed by atoms with Gasteiger partial charge in [-0.15, -0.1) is 0 Å². The third kappa shape index (κ3) is 5.49. The van der Waals surface area contributed by atoms with Crippen molar-refractivity contribution in [3.63, 3.8) is 0 Å². The molecule has 38 heavy (non-hydrogen) atoms. The lowest BCUT2D eigenvalue weighted by molar-refractivity contribution is 0.306. The Morgan fingerprint density at radius 2 is 1.95 bits per heavy atom. The fourth-order valence-corrected chi connectivity index (χ4v) is 4.80. The predicted molar refractivity (Wildman–Crippen MR) is 149 cm³/mol. The molecule has 2 aromatic heterocycles. The maximum atomic E-state index is 13.4. The van der Waals surface area contributed by atoms with Crippen LogP contribution in [0.15, 0.2) is 85.5 Å². The second-order valence-electron chi connectivity index (χ2n) is 9.74. The van der Waals surface area contributed by atoms with E-state index in [4.69, 9.17) is 22.1 Å². The van der Waals surface area contributed by atoms with Crippen LogP contribution in [0.25, 0.3) is 22.0 Å². The third-order valence-electron chi connectivity index (χ3n) is 6.82. The van der Waals surface area contributed by atoms with Gasteiger partial charge in [0.25, 0.3) is 0 Å². The van der Waals surface area contributed by atoms with Gasteiger partial charge < -0.3 is 20.4 Å². The highest BCUT2D eigenvalue weighted by Gasteiger charge is 2.24. The Morgan fingerprint density at radius 1 is 1.05 bits per heavy atom. The Hall–Kier alpha value is -3.94. The molecular formula is C30H27ClFN5O. The number of halogens is 2. The summed E-state index contributed by atoms with van der Waals surface area (Å²) in [4.78, 5) is 8.92. The standard InChI is InChI=1S/C30H27ClFN5O/c31-26-15-24(7-9-28(26)38-17-20-2-1-3-23(32)12-20)36-30-25-14-21(6-8-27(25)34-18-35-30)22-10-11-37(16-22)29(33)13-19-4-5-19/h1-3,6-12,14-16,18-19,29H,4-5,13,17,33H2,(H,34,35,36). The van der Waals surface area contributed by atoms with Gasteiger partial charge in [0, 0.05) is 23.5 Å². The summed E-state index contributed by atoms with van der Waals surface area (Å²) in [5.41, 5.74) is 10.9. The van der Waals surface area contributed by atoms with E-state index in [0.29, 0.717) is 16.6 Å². The average Bonchev–Trinajstić information content (AvgIpc) is 3.59. The molecule has 0 bridgehead atoms. The first kappa shape index (κ1) is 24.4. The minimum absolute atomic E-state index is 0.00262.